The van der Waals surface area contributed by atoms with Gasteiger partial charge in [0.1, 0.15) is 11.5 Å². The zero-order chi connectivity index (χ0) is 23.4. The third kappa shape index (κ3) is 4.89. The highest BCUT2D eigenvalue weighted by molar-refractivity contribution is 5.98. The lowest BCUT2D eigenvalue weighted by atomic mass is 10.1. The van der Waals surface area contributed by atoms with Crippen LogP contribution in [0.4, 0.5) is 4.39 Å². The number of likely N-dealkylation sites (N-methyl/N-ethyl adjacent to an activating group) is 1. The third-order valence-corrected chi connectivity index (χ3v) is 5.16. The lowest BCUT2D eigenvalue weighted by Crippen LogP contribution is -2.42. The molecule has 0 aliphatic rings. The van der Waals surface area contributed by atoms with Crippen LogP contribution < -0.4 is 0 Å². The minimum Gasteiger partial charge on any atom is -0.333 e. The van der Waals surface area contributed by atoms with Crippen molar-refractivity contribution in [3.05, 3.63) is 72.1 Å². The molecular weight excluding hydrogens is 423 g/mol. The fourth-order valence-corrected chi connectivity index (χ4v) is 3.50. The third-order valence-electron chi connectivity index (χ3n) is 5.16. The predicted molar refractivity (Wildman–Crippen MR) is 119 cm³/mol. The normalized spacial score (nSPS) is 11.9. The summed E-state index contributed by atoms with van der Waals surface area (Å²) in [6.07, 6.45) is 3.26. The van der Waals surface area contributed by atoms with E-state index in [0.717, 1.165) is 5.69 Å². The van der Waals surface area contributed by atoms with Gasteiger partial charge in [-0.2, -0.15) is 4.80 Å². The largest absolute Gasteiger partial charge is 0.333 e. The first-order valence-electron chi connectivity index (χ1n) is 10.6. The summed E-state index contributed by atoms with van der Waals surface area (Å²) in [5.74, 6) is 0.274. The van der Waals surface area contributed by atoms with Crippen molar-refractivity contribution in [1.29, 1.82) is 0 Å². The number of hydrogen-bond acceptors (Lipinski definition) is 7. The summed E-state index contributed by atoms with van der Waals surface area (Å²) in [5.41, 5.74) is 2.27. The summed E-state index contributed by atoms with van der Waals surface area (Å²) in [6, 6.07) is 11.0. The Morgan fingerprint density at radius 2 is 1.82 bits per heavy atom. The highest BCUT2D eigenvalue weighted by atomic mass is 19.1. The maximum atomic E-state index is 13.5. The molecule has 0 saturated heterocycles. The molecule has 0 saturated carbocycles. The van der Waals surface area contributed by atoms with Crippen molar-refractivity contribution in [2.75, 3.05) is 6.54 Å². The fourth-order valence-electron chi connectivity index (χ4n) is 3.50. The van der Waals surface area contributed by atoms with Crippen LogP contribution in [0.15, 0.2) is 54.9 Å². The number of carbonyl (C=O) groups excluding carboxylic acids is 1. The van der Waals surface area contributed by atoms with Gasteiger partial charge in [-0.25, -0.2) is 19.3 Å². The van der Waals surface area contributed by atoms with Crippen LogP contribution in [0.1, 0.15) is 30.0 Å². The van der Waals surface area contributed by atoms with Gasteiger partial charge >= 0.3 is 0 Å². The Kier molecular flexibility index (Phi) is 6.43. The zero-order valence-electron chi connectivity index (χ0n) is 18.6. The second-order valence-electron chi connectivity index (χ2n) is 7.54. The van der Waals surface area contributed by atoms with Gasteiger partial charge in [0.15, 0.2) is 5.82 Å². The van der Waals surface area contributed by atoms with E-state index in [0.29, 0.717) is 41.6 Å². The molecule has 0 bridgehead atoms. The van der Waals surface area contributed by atoms with Crippen molar-refractivity contribution >= 4 is 5.91 Å². The Bertz CT molecular complexity index is 1240. The van der Waals surface area contributed by atoms with Crippen LogP contribution in [-0.4, -0.2) is 58.6 Å². The number of pyridine rings is 1. The van der Waals surface area contributed by atoms with E-state index >= 15 is 0 Å². The Hall–Kier alpha value is -4.08. The molecule has 9 nitrogen and oxygen atoms in total. The van der Waals surface area contributed by atoms with E-state index in [4.69, 9.17) is 0 Å². The highest BCUT2D eigenvalue weighted by Crippen LogP contribution is 2.21. The van der Waals surface area contributed by atoms with Gasteiger partial charge in [-0.3, -0.25) is 4.79 Å². The molecule has 1 unspecified atom stereocenters. The van der Waals surface area contributed by atoms with E-state index in [1.54, 1.807) is 35.5 Å². The van der Waals surface area contributed by atoms with Gasteiger partial charge in [-0.1, -0.05) is 0 Å². The maximum Gasteiger partial charge on any atom is 0.273 e. The summed E-state index contributed by atoms with van der Waals surface area (Å²) in [4.78, 5) is 29.7. The molecule has 0 aliphatic carbocycles. The Labute approximate surface area is 190 Å². The van der Waals surface area contributed by atoms with Crippen LogP contribution in [0.25, 0.3) is 22.8 Å². The quantitative estimate of drug-likeness (QED) is 0.429. The first-order chi connectivity index (χ1) is 16.0. The highest BCUT2D eigenvalue weighted by Gasteiger charge is 2.26. The number of halogens is 1. The topological polar surface area (TPSA) is 103 Å². The van der Waals surface area contributed by atoms with Crippen LogP contribution in [0, 0.1) is 12.7 Å². The molecular formula is C23H23FN8O. The van der Waals surface area contributed by atoms with E-state index in [1.807, 2.05) is 32.9 Å². The van der Waals surface area contributed by atoms with Crippen molar-refractivity contribution in [3.8, 4) is 22.8 Å². The second kappa shape index (κ2) is 9.60. The van der Waals surface area contributed by atoms with Crippen molar-refractivity contribution in [1.82, 2.24) is 40.1 Å². The number of nitrogens with zero attached hydrogens (tertiary/aromatic N) is 8. The first kappa shape index (κ1) is 22.1. The first-order valence-corrected chi connectivity index (χ1v) is 10.6. The predicted octanol–water partition coefficient (Wildman–Crippen LogP) is 3.19. The maximum absolute atomic E-state index is 13.5. The van der Waals surface area contributed by atoms with E-state index in [-0.39, 0.29) is 17.8 Å². The molecule has 168 valence electrons. The van der Waals surface area contributed by atoms with Gasteiger partial charge in [-0.05, 0) is 68.4 Å². The lowest BCUT2D eigenvalue weighted by Gasteiger charge is -2.28. The molecule has 1 aromatic carbocycles. The van der Waals surface area contributed by atoms with Gasteiger partial charge < -0.3 is 4.90 Å². The van der Waals surface area contributed by atoms with Gasteiger partial charge in [0, 0.05) is 30.2 Å². The fraction of sp³-hybridized carbons (Fsp3) is 0.261. The minimum atomic E-state index is -0.332. The molecule has 4 aromatic rings. The number of benzene rings is 1. The molecule has 10 heteroatoms. The van der Waals surface area contributed by atoms with Gasteiger partial charge in [-0.15, -0.1) is 10.2 Å². The summed E-state index contributed by atoms with van der Waals surface area (Å²) in [6.45, 7) is 6.45. The molecule has 4 rings (SSSR count). The molecule has 0 aliphatic heterocycles. The number of amides is 1. The average molecular weight is 446 g/mol. The number of rotatable bonds is 7. The van der Waals surface area contributed by atoms with Crippen LogP contribution in [-0.2, 0) is 6.54 Å². The molecule has 0 N–H and O–H groups in total. The number of hydrogen-bond donors (Lipinski definition) is 0. The number of aromatic nitrogens is 7. The smallest absolute Gasteiger partial charge is 0.273 e. The summed E-state index contributed by atoms with van der Waals surface area (Å²) < 4.78 is 13.2. The van der Waals surface area contributed by atoms with Gasteiger partial charge in [0.25, 0.3) is 5.91 Å². The average Bonchev–Trinajstić information content (AvgIpc) is 3.28. The van der Waals surface area contributed by atoms with Crippen molar-refractivity contribution in [3.63, 3.8) is 0 Å². The monoisotopic (exact) mass is 446 g/mol. The molecule has 0 radical (unpaired) electrons. The lowest BCUT2D eigenvalue weighted by molar-refractivity contribution is 0.0675. The Balaban J connectivity index is 1.56. The van der Waals surface area contributed by atoms with Crippen LogP contribution >= 0.6 is 0 Å². The van der Waals surface area contributed by atoms with Crippen LogP contribution in [0.3, 0.4) is 0 Å². The van der Waals surface area contributed by atoms with E-state index < -0.39 is 0 Å². The molecule has 33 heavy (non-hydrogen) atoms. The molecule has 1 atom stereocenters. The van der Waals surface area contributed by atoms with Crippen molar-refractivity contribution in [2.45, 2.75) is 33.4 Å². The van der Waals surface area contributed by atoms with E-state index in [1.165, 1.54) is 16.9 Å². The minimum absolute atomic E-state index is 0.227. The summed E-state index contributed by atoms with van der Waals surface area (Å²) >= 11 is 0. The van der Waals surface area contributed by atoms with E-state index in [9.17, 15) is 9.18 Å². The SMILES string of the molecule is CCN(C(=O)c1nc(C)ccc1-c1ncccn1)C(C)Cn1nnc(-c2ccc(F)cc2)n1. The Morgan fingerprint density at radius 1 is 1.09 bits per heavy atom. The molecule has 3 aromatic heterocycles. The second-order valence-corrected chi connectivity index (χ2v) is 7.54. The van der Waals surface area contributed by atoms with Crippen LogP contribution in [0.5, 0.6) is 0 Å². The molecule has 0 spiro atoms. The zero-order valence-corrected chi connectivity index (χ0v) is 18.6. The number of carbonyl (C=O) groups is 1. The van der Waals surface area contributed by atoms with Crippen LogP contribution in [0.2, 0.25) is 0 Å². The number of tetrazole rings is 1. The van der Waals surface area contributed by atoms with E-state index in [2.05, 4.69) is 30.4 Å². The standard InChI is InChI=1S/C23H23FN8O/c1-4-31(16(3)14-32-29-21(28-30-32)17-7-9-18(24)10-8-17)23(33)20-19(11-6-15(2)27-20)22-25-12-5-13-26-22/h5-13,16H,4,14H2,1-3H3. The summed E-state index contributed by atoms with van der Waals surface area (Å²) in [7, 11) is 0. The van der Waals surface area contributed by atoms with Crippen molar-refractivity contribution < 1.29 is 9.18 Å². The van der Waals surface area contributed by atoms with Gasteiger partial charge in [0.05, 0.1) is 18.2 Å². The van der Waals surface area contributed by atoms with Gasteiger partial charge in [0.2, 0.25) is 5.82 Å². The van der Waals surface area contributed by atoms with Crippen molar-refractivity contribution in [2.24, 2.45) is 0 Å². The molecule has 3 heterocycles. The molecule has 1 amide bonds. The number of aryl methyl sites for hydroxylation is 1. The molecule has 0 fully saturated rings. The summed E-state index contributed by atoms with van der Waals surface area (Å²) in [5, 5.41) is 12.5. The Morgan fingerprint density at radius 3 is 2.52 bits per heavy atom.